The molecular weight excluding hydrogens is 268 g/mol. The maximum atomic E-state index is 11.7. The van der Waals surface area contributed by atoms with Crippen molar-refractivity contribution in [2.45, 2.75) is 84.2 Å². The fourth-order valence-electron chi connectivity index (χ4n) is 2.56. The Balaban J connectivity index is 2.07. The van der Waals surface area contributed by atoms with Crippen LogP contribution in [0.5, 0.6) is 0 Å². The van der Waals surface area contributed by atoms with E-state index in [1.807, 2.05) is 0 Å². The van der Waals surface area contributed by atoms with Gasteiger partial charge in [0.05, 0.1) is 19.4 Å². The Hall–Kier alpha value is -1.06. The summed E-state index contributed by atoms with van der Waals surface area (Å²) in [4.78, 5) is 23.2. The number of hydrogen-bond acceptors (Lipinski definition) is 4. The Morgan fingerprint density at radius 3 is 2.24 bits per heavy atom. The molecule has 0 radical (unpaired) electrons. The van der Waals surface area contributed by atoms with E-state index in [1.165, 1.54) is 12.8 Å². The highest BCUT2D eigenvalue weighted by atomic mass is 16.5. The van der Waals surface area contributed by atoms with Crippen molar-refractivity contribution in [3.63, 3.8) is 0 Å². The highest BCUT2D eigenvalue weighted by Gasteiger charge is 2.17. The third kappa shape index (κ3) is 9.48. The standard InChI is InChI=1S/C17H30O4/c1-14(2)8-7-13-20-16(18)11-12-17(19)21-15-9-5-3-4-6-10-15/h14-15H,3-13H2,1-2H3. The summed E-state index contributed by atoms with van der Waals surface area (Å²) in [5.74, 6) is 0.0656. The molecule has 122 valence electrons. The molecule has 0 aliphatic heterocycles. The lowest BCUT2D eigenvalue weighted by atomic mass is 10.1. The van der Waals surface area contributed by atoms with Gasteiger partial charge in [-0.2, -0.15) is 0 Å². The normalized spacial score (nSPS) is 16.5. The van der Waals surface area contributed by atoms with Crippen LogP contribution in [-0.2, 0) is 19.1 Å². The molecule has 0 amide bonds. The minimum absolute atomic E-state index is 0.0575. The summed E-state index contributed by atoms with van der Waals surface area (Å²) in [6.07, 6.45) is 8.93. The largest absolute Gasteiger partial charge is 0.466 e. The third-order valence-electron chi connectivity index (χ3n) is 3.82. The zero-order chi connectivity index (χ0) is 15.5. The van der Waals surface area contributed by atoms with E-state index >= 15 is 0 Å². The highest BCUT2D eigenvalue weighted by Crippen LogP contribution is 2.20. The Morgan fingerprint density at radius 2 is 1.62 bits per heavy atom. The van der Waals surface area contributed by atoms with Crippen LogP contribution in [0.4, 0.5) is 0 Å². The SMILES string of the molecule is CC(C)CCCOC(=O)CCC(=O)OC1CCCCCC1. The van der Waals surface area contributed by atoms with Gasteiger partial charge in [-0.1, -0.05) is 26.7 Å². The second-order valence-corrected chi connectivity index (χ2v) is 6.36. The van der Waals surface area contributed by atoms with Crippen molar-refractivity contribution in [2.75, 3.05) is 6.61 Å². The van der Waals surface area contributed by atoms with Crippen molar-refractivity contribution in [1.29, 1.82) is 0 Å². The molecule has 4 nitrogen and oxygen atoms in total. The van der Waals surface area contributed by atoms with Crippen molar-refractivity contribution >= 4 is 11.9 Å². The molecule has 0 bridgehead atoms. The van der Waals surface area contributed by atoms with Gasteiger partial charge in [0.15, 0.2) is 0 Å². The minimum Gasteiger partial charge on any atom is -0.466 e. The van der Waals surface area contributed by atoms with Gasteiger partial charge < -0.3 is 9.47 Å². The second-order valence-electron chi connectivity index (χ2n) is 6.36. The van der Waals surface area contributed by atoms with Gasteiger partial charge in [0.2, 0.25) is 0 Å². The van der Waals surface area contributed by atoms with Crippen LogP contribution in [0.1, 0.15) is 78.1 Å². The predicted octanol–water partition coefficient (Wildman–Crippen LogP) is 4.01. The highest BCUT2D eigenvalue weighted by molar-refractivity contribution is 5.77. The quantitative estimate of drug-likeness (QED) is 0.386. The zero-order valence-electron chi connectivity index (χ0n) is 13.6. The summed E-state index contributed by atoms with van der Waals surface area (Å²) < 4.78 is 10.5. The van der Waals surface area contributed by atoms with Crippen LogP contribution in [0.2, 0.25) is 0 Å². The molecule has 1 fully saturated rings. The maximum absolute atomic E-state index is 11.7. The van der Waals surface area contributed by atoms with Gasteiger partial charge in [0, 0.05) is 0 Å². The lowest BCUT2D eigenvalue weighted by Gasteiger charge is -2.15. The van der Waals surface area contributed by atoms with Gasteiger partial charge >= 0.3 is 11.9 Å². The number of carbonyl (C=O) groups excluding carboxylic acids is 2. The summed E-state index contributed by atoms with van der Waals surface area (Å²) in [5.41, 5.74) is 0. The molecule has 0 unspecified atom stereocenters. The van der Waals surface area contributed by atoms with Crippen LogP contribution < -0.4 is 0 Å². The zero-order valence-corrected chi connectivity index (χ0v) is 13.6. The van der Waals surface area contributed by atoms with Crippen molar-refractivity contribution in [3.05, 3.63) is 0 Å². The monoisotopic (exact) mass is 298 g/mol. The molecule has 0 saturated heterocycles. The molecule has 0 spiro atoms. The fourth-order valence-corrected chi connectivity index (χ4v) is 2.56. The molecule has 0 aromatic carbocycles. The number of carbonyl (C=O) groups is 2. The summed E-state index contributed by atoms with van der Waals surface area (Å²) in [6, 6.07) is 0. The van der Waals surface area contributed by atoms with E-state index in [-0.39, 0.29) is 30.9 Å². The van der Waals surface area contributed by atoms with E-state index in [1.54, 1.807) is 0 Å². The first kappa shape index (κ1) is 18.0. The average Bonchev–Trinajstić information content (AvgIpc) is 2.70. The first-order chi connectivity index (χ1) is 10.1. The molecule has 0 aromatic rings. The molecular formula is C17H30O4. The fraction of sp³-hybridized carbons (Fsp3) is 0.882. The first-order valence-electron chi connectivity index (χ1n) is 8.43. The van der Waals surface area contributed by atoms with Crippen LogP contribution in [0.3, 0.4) is 0 Å². The van der Waals surface area contributed by atoms with Crippen LogP contribution >= 0.6 is 0 Å². The predicted molar refractivity (Wildman–Crippen MR) is 81.8 cm³/mol. The van der Waals surface area contributed by atoms with Gasteiger partial charge in [-0.3, -0.25) is 9.59 Å². The van der Waals surface area contributed by atoms with Crippen LogP contribution in [-0.4, -0.2) is 24.6 Å². The molecule has 1 saturated carbocycles. The van der Waals surface area contributed by atoms with E-state index in [2.05, 4.69) is 13.8 Å². The smallest absolute Gasteiger partial charge is 0.306 e. The Kier molecular flexibility index (Phi) is 9.11. The summed E-state index contributed by atoms with van der Waals surface area (Å²) >= 11 is 0. The molecule has 1 aliphatic carbocycles. The number of hydrogen-bond donors (Lipinski definition) is 0. The van der Waals surface area contributed by atoms with E-state index in [0.717, 1.165) is 38.5 Å². The molecule has 0 heterocycles. The molecule has 0 N–H and O–H groups in total. The van der Waals surface area contributed by atoms with Crippen LogP contribution in [0, 0.1) is 5.92 Å². The van der Waals surface area contributed by atoms with Gasteiger partial charge in [-0.05, 0) is 44.4 Å². The molecule has 1 aliphatic rings. The van der Waals surface area contributed by atoms with E-state index in [9.17, 15) is 9.59 Å². The lowest BCUT2D eigenvalue weighted by molar-refractivity contribution is -0.154. The lowest BCUT2D eigenvalue weighted by Crippen LogP contribution is -2.18. The number of ether oxygens (including phenoxy) is 2. The molecule has 0 atom stereocenters. The van der Waals surface area contributed by atoms with E-state index in [4.69, 9.17) is 9.47 Å². The van der Waals surface area contributed by atoms with Crippen molar-refractivity contribution in [2.24, 2.45) is 5.92 Å². The van der Waals surface area contributed by atoms with Gasteiger partial charge in [-0.25, -0.2) is 0 Å². The van der Waals surface area contributed by atoms with Crippen LogP contribution in [0.15, 0.2) is 0 Å². The Morgan fingerprint density at radius 1 is 1.00 bits per heavy atom. The summed E-state index contributed by atoms with van der Waals surface area (Å²) in [5, 5.41) is 0. The molecule has 0 aromatic heterocycles. The van der Waals surface area contributed by atoms with Gasteiger partial charge in [-0.15, -0.1) is 0 Å². The molecule has 1 rings (SSSR count). The maximum Gasteiger partial charge on any atom is 0.306 e. The summed E-state index contributed by atoms with van der Waals surface area (Å²) in [6.45, 7) is 4.74. The van der Waals surface area contributed by atoms with Crippen molar-refractivity contribution in [3.8, 4) is 0 Å². The first-order valence-corrected chi connectivity index (χ1v) is 8.43. The topological polar surface area (TPSA) is 52.6 Å². The minimum atomic E-state index is -0.295. The Bertz CT molecular complexity index is 304. The Labute approximate surface area is 128 Å². The average molecular weight is 298 g/mol. The summed E-state index contributed by atoms with van der Waals surface area (Å²) in [7, 11) is 0. The van der Waals surface area contributed by atoms with Crippen molar-refractivity contribution < 1.29 is 19.1 Å². The number of rotatable bonds is 8. The van der Waals surface area contributed by atoms with Crippen molar-refractivity contribution in [1.82, 2.24) is 0 Å². The second kappa shape index (κ2) is 10.6. The van der Waals surface area contributed by atoms with Gasteiger partial charge in [0.1, 0.15) is 6.10 Å². The molecule has 4 heteroatoms. The number of esters is 2. The third-order valence-corrected chi connectivity index (χ3v) is 3.82. The molecule has 21 heavy (non-hydrogen) atoms. The van der Waals surface area contributed by atoms with Gasteiger partial charge in [0.25, 0.3) is 0 Å². The van der Waals surface area contributed by atoms with Crippen LogP contribution in [0.25, 0.3) is 0 Å². The van der Waals surface area contributed by atoms with E-state index < -0.39 is 0 Å². The van der Waals surface area contributed by atoms with E-state index in [0.29, 0.717) is 12.5 Å².